The first-order chi connectivity index (χ1) is 24.3. The van der Waals surface area contributed by atoms with Gasteiger partial charge in [-0.3, -0.25) is 0 Å². The molecule has 0 amide bonds. The van der Waals surface area contributed by atoms with Crippen LogP contribution in [0.3, 0.4) is 0 Å². The molecule has 8 aromatic rings. The third-order valence-corrected chi connectivity index (χ3v) is 11.9. The maximum absolute atomic E-state index is 5.05. The number of allylic oxidation sites excluding steroid dienone is 1. The zero-order chi connectivity index (χ0) is 32.3. The molecular weight excluding hydrogens is 637 g/mol. The van der Waals surface area contributed by atoms with Gasteiger partial charge < -0.3 is 4.57 Å². The molecule has 0 saturated heterocycles. The highest BCUT2D eigenvalue weighted by Crippen LogP contribution is 2.53. The van der Waals surface area contributed by atoms with Gasteiger partial charge in [0.25, 0.3) is 0 Å². The lowest BCUT2D eigenvalue weighted by Gasteiger charge is -2.20. The molecule has 6 aromatic carbocycles. The van der Waals surface area contributed by atoms with Gasteiger partial charge in [-0.25, -0.2) is 15.0 Å². The van der Waals surface area contributed by atoms with E-state index in [1.807, 2.05) is 59.9 Å². The van der Waals surface area contributed by atoms with Crippen LogP contribution in [0, 0.1) is 0 Å². The fourth-order valence-electron chi connectivity index (χ4n) is 7.11. The van der Waals surface area contributed by atoms with Gasteiger partial charge in [-0.2, -0.15) is 0 Å². The highest BCUT2D eigenvalue weighted by molar-refractivity contribution is 8.05. The number of hydrogen-bond donors (Lipinski definition) is 0. The number of aromatic nitrogens is 4. The molecule has 49 heavy (non-hydrogen) atoms. The first-order valence-electron chi connectivity index (χ1n) is 16.5. The Kier molecular flexibility index (Phi) is 6.77. The fraction of sp³-hybridized carbons (Fsp3) is 0.0465. The van der Waals surface area contributed by atoms with E-state index >= 15 is 0 Å². The van der Waals surface area contributed by atoms with Crippen molar-refractivity contribution in [3.63, 3.8) is 0 Å². The molecule has 0 N–H and O–H groups in total. The summed E-state index contributed by atoms with van der Waals surface area (Å²) in [5, 5.41) is 2.66. The molecule has 3 heterocycles. The summed E-state index contributed by atoms with van der Waals surface area (Å²) >= 11 is 3.75. The van der Waals surface area contributed by atoms with Crippen LogP contribution in [0.5, 0.6) is 0 Å². The number of fused-ring (bicyclic) bond motifs is 8. The first kappa shape index (κ1) is 28.6. The van der Waals surface area contributed by atoms with Crippen molar-refractivity contribution in [2.45, 2.75) is 32.4 Å². The van der Waals surface area contributed by atoms with E-state index in [4.69, 9.17) is 15.0 Å². The van der Waals surface area contributed by atoms with Crippen LogP contribution in [-0.2, 0) is 6.42 Å². The molecule has 10 rings (SSSR count). The Hall–Kier alpha value is -5.43. The molecule has 2 aromatic heterocycles. The number of benzene rings is 6. The standard InChI is InChI=1S/C43H28N4S2/c1-3-13-28(14-4-1)41-44-42(29-15-5-2-6-16-29)46-43(45-41)30-17-11-18-31(26-30)47-34-24-22-27-12-7-8-19-32(27)38(34)33-23-25-37-40(39(33)47)49-36-21-10-9-20-35(36)48-37/h1-7,9-18,20-26H,8,19H2. The number of hydrogen-bond acceptors (Lipinski definition) is 5. The quantitative estimate of drug-likeness (QED) is 0.187. The Bertz CT molecular complexity index is 2550. The van der Waals surface area contributed by atoms with Gasteiger partial charge in [-0.1, -0.05) is 133 Å². The van der Waals surface area contributed by atoms with Crippen molar-refractivity contribution in [1.29, 1.82) is 0 Å². The van der Waals surface area contributed by atoms with Crippen molar-refractivity contribution >= 4 is 51.4 Å². The lowest BCUT2D eigenvalue weighted by Crippen LogP contribution is -2.02. The maximum atomic E-state index is 5.05. The average molecular weight is 665 g/mol. The molecule has 2 aliphatic rings. The van der Waals surface area contributed by atoms with Crippen molar-refractivity contribution in [2.24, 2.45) is 0 Å². The van der Waals surface area contributed by atoms with Crippen LogP contribution in [0.25, 0.3) is 67.7 Å². The van der Waals surface area contributed by atoms with Crippen molar-refractivity contribution in [1.82, 2.24) is 19.5 Å². The Labute approximate surface area is 292 Å². The fourth-order valence-corrected chi connectivity index (χ4v) is 9.49. The molecule has 0 radical (unpaired) electrons. The van der Waals surface area contributed by atoms with E-state index in [2.05, 4.69) is 114 Å². The highest BCUT2D eigenvalue weighted by Gasteiger charge is 2.26. The highest BCUT2D eigenvalue weighted by atomic mass is 32.2. The molecule has 0 spiro atoms. The van der Waals surface area contributed by atoms with Gasteiger partial charge in [-0.05, 0) is 60.4 Å². The normalized spacial score (nSPS) is 13.3. The Balaban J connectivity index is 1.22. The van der Waals surface area contributed by atoms with Crippen LogP contribution in [0.1, 0.15) is 17.5 Å². The van der Waals surface area contributed by atoms with Gasteiger partial charge >= 0.3 is 0 Å². The molecule has 6 heteroatoms. The number of aryl methyl sites for hydroxylation is 1. The summed E-state index contributed by atoms with van der Waals surface area (Å²) in [6, 6.07) is 47.0. The van der Waals surface area contributed by atoms with Crippen LogP contribution in [0.15, 0.2) is 159 Å². The van der Waals surface area contributed by atoms with Gasteiger partial charge in [0.05, 0.1) is 15.9 Å². The minimum Gasteiger partial charge on any atom is -0.308 e. The zero-order valence-corrected chi connectivity index (χ0v) is 28.0. The molecule has 0 unspecified atom stereocenters. The number of nitrogens with zero attached hydrogens (tertiary/aromatic N) is 4. The first-order valence-corrected chi connectivity index (χ1v) is 18.1. The molecule has 0 saturated carbocycles. The van der Waals surface area contributed by atoms with Crippen molar-refractivity contribution in [3.05, 3.63) is 151 Å². The van der Waals surface area contributed by atoms with Gasteiger partial charge in [0.2, 0.25) is 0 Å². The summed E-state index contributed by atoms with van der Waals surface area (Å²) in [5.74, 6) is 1.97. The van der Waals surface area contributed by atoms with Crippen LogP contribution in [-0.4, -0.2) is 19.5 Å². The van der Waals surface area contributed by atoms with Crippen LogP contribution in [0.4, 0.5) is 0 Å². The lowest BCUT2D eigenvalue weighted by molar-refractivity contribution is 0.997. The summed E-state index contributed by atoms with van der Waals surface area (Å²) in [4.78, 5) is 20.2. The average Bonchev–Trinajstić information content (AvgIpc) is 3.53. The van der Waals surface area contributed by atoms with Crippen LogP contribution < -0.4 is 0 Å². The smallest absolute Gasteiger partial charge is 0.164 e. The van der Waals surface area contributed by atoms with E-state index in [9.17, 15) is 0 Å². The molecular formula is C43H28N4S2. The summed E-state index contributed by atoms with van der Waals surface area (Å²) in [7, 11) is 0. The predicted octanol–water partition coefficient (Wildman–Crippen LogP) is 11.5. The summed E-state index contributed by atoms with van der Waals surface area (Å²) in [6.45, 7) is 0. The lowest BCUT2D eigenvalue weighted by atomic mass is 9.93. The van der Waals surface area contributed by atoms with Gasteiger partial charge in [0.15, 0.2) is 17.5 Å². The minimum atomic E-state index is 0.652. The third-order valence-electron chi connectivity index (χ3n) is 9.36. The Morgan fingerprint density at radius 2 is 1.20 bits per heavy atom. The number of rotatable bonds is 4. The molecule has 232 valence electrons. The monoisotopic (exact) mass is 664 g/mol. The van der Waals surface area contributed by atoms with Gasteiger partial charge in [0, 0.05) is 47.8 Å². The van der Waals surface area contributed by atoms with Crippen LogP contribution in [0.2, 0.25) is 0 Å². The van der Waals surface area contributed by atoms with Gasteiger partial charge in [-0.15, -0.1) is 0 Å². The van der Waals surface area contributed by atoms with E-state index in [0.717, 1.165) is 35.2 Å². The molecule has 1 aliphatic heterocycles. The van der Waals surface area contributed by atoms with Crippen molar-refractivity contribution in [2.75, 3.05) is 0 Å². The van der Waals surface area contributed by atoms with E-state index in [-0.39, 0.29) is 0 Å². The summed E-state index contributed by atoms with van der Waals surface area (Å²) in [5.41, 5.74) is 9.20. The largest absolute Gasteiger partial charge is 0.308 e. The second-order valence-corrected chi connectivity index (χ2v) is 14.5. The van der Waals surface area contributed by atoms with E-state index < -0.39 is 0 Å². The molecule has 0 fully saturated rings. The Morgan fingerprint density at radius 3 is 1.94 bits per heavy atom. The zero-order valence-electron chi connectivity index (χ0n) is 26.4. The van der Waals surface area contributed by atoms with Crippen molar-refractivity contribution in [3.8, 4) is 39.9 Å². The topological polar surface area (TPSA) is 43.6 Å². The van der Waals surface area contributed by atoms with Gasteiger partial charge in [0.1, 0.15) is 0 Å². The molecule has 1 aliphatic carbocycles. The van der Waals surface area contributed by atoms with E-state index in [0.29, 0.717) is 17.5 Å². The van der Waals surface area contributed by atoms with E-state index in [1.165, 1.54) is 52.5 Å². The van der Waals surface area contributed by atoms with E-state index in [1.54, 1.807) is 0 Å². The SMILES string of the molecule is C1=Cc2ccc3c(c2CC1)c1ccc2c(c1n3-c1cccc(-c3nc(-c4ccccc4)nc(-c4ccccc4)n3)c1)Sc1ccccc1S2. The molecule has 0 bridgehead atoms. The minimum absolute atomic E-state index is 0.652. The third kappa shape index (κ3) is 4.82. The summed E-state index contributed by atoms with van der Waals surface area (Å²) in [6.07, 6.45) is 6.69. The second-order valence-electron chi connectivity index (χ2n) is 12.3. The Morgan fingerprint density at radius 1 is 0.551 bits per heavy atom. The predicted molar refractivity (Wildman–Crippen MR) is 203 cm³/mol. The second kappa shape index (κ2) is 11.6. The molecule has 0 atom stereocenters. The van der Waals surface area contributed by atoms with Crippen LogP contribution >= 0.6 is 23.5 Å². The summed E-state index contributed by atoms with van der Waals surface area (Å²) < 4.78 is 2.48. The molecule has 4 nitrogen and oxygen atoms in total. The van der Waals surface area contributed by atoms with Crippen molar-refractivity contribution < 1.29 is 0 Å². The maximum Gasteiger partial charge on any atom is 0.164 e.